The lowest BCUT2D eigenvalue weighted by Gasteiger charge is -2.38. The average molecular weight is 302 g/mol. The second-order valence-electron chi connectivity index (χ2n) is 6.13. The molecule has 7 nitrogen and oxygen atoms in total. The highest BCUT2D eigenvalue weighted by molar-refractivity contribution is 5.81. The molecule has 1 atom stereocenters. The standard InChI is InChI=1S/C15H22N6O/c1-12(19-5-3-18(2)4-6-19)15(22)20-7-8-21-14(11-20)9-13(10-16)17-21/h9,12H,3-8,11H2,1-2H3. The van der Waals surface area contributed by atoms with E-state index in [-0.39, 0.29) is 11.9 Å². The van der Waals surface area contributed by atoms with Gasteiger partial charge in [0.15, 0.2) is 5.69 Å². The van der Waals surface area contributed by atoms with Gasteiger partial charge in [0.05, 0.1) is 24.8 Å². The normalized spacial score (nSPS) is 21.2. The summed E-state index contributed by atoms with van der Waals surface area (Å²) < 4.78 is 1.84. The molecule has 0 spiro atoms. The van der Waals surface area contributed by atoms with E-state index in [0.717, 1.165) is 31.9 Å². The van der Waals surface area contributed by atoms with Gasteiger partial charge in [-0.3, -0.25) is 14.4 Å². The van der Waals surface area contributed by atoms with E-state index in [2.05, 4.69) is 28.0 Å². The van der Waals surface area contributed by atoms with Gasteiger partial charge in [-0.2, -0.15) is 10.4 Å². The lowest BCUT2D eigenvalue weighted by Crippen LogP contribution is -2.54. The zero-order valence-electron chi connectivity index (χ0n) is 13.2. The maximum absolute atomic E-state index is 12.7. The summed E-state index contributed by atoms with van der Waals surface area (Å²) in [6.45, 7) is 7.77. The quantitative estimate of drug-likeness (QED) is 0.752. The summed E-state index contributed by atoms with van der Waals surface area (Å²) in [7, 11) is 2.11. The van der Waals surface area contributed by atoms with E-state index in [1.54, 1.807) is 6.07 Å². The summed E-state index contributed by atoms with van der Waals surface area (Å²) in [5.41, 5.74) is 1.37. The fourth-order valence-electron chi connectivity index (χ4n) is 3.14. The molecule has 22 heavy (non-hydrogen) atoms. The minimum atomic E-state index is -0.0846. The molecule has 7 heteroatoms. The summed E-state index contributed by atoms with van der Waals surface area (Å²) in [6.07, 6.45) is 0. The van der Waals surface area contributed by atoms with Crippen LogP contribution < -0.4 is 0 Å². The van der Waals surface area contributed by atoms with E-state index in [1.165, 1.54) is 0 Å². The van der Waals surface area contributed by atoms with Crippen molar-refractivity contribution in [3.8, 4) is 6.07 Å². The van der Waals surface area contributed by atoms with E-state index < -0.39 is 0 Å². The van der Waals surface area contributed by atoms with E-state index in [4.69, 9.17) is 5.26 Å². The molecule has 1 aromatic rings. The number of carbonyl (C=O) groups excluding carboxylic acids is 1. The van der Waals surface area contributed by atoms with Crippen molar-refractivity contribution in [2.24, 2.45) is 0 Å². The average Bonchev–Trinajstić information content (AvgIpc) is 2.96. The van der Waals surface area contributed by atoms with Gasteiger partial charge < -0.3 is 9.80 Å². The number of nitrogens with zero attached hydrogens (tertiary/aromatic N) is 6. The van der Waals surface area contributed by atoms with Gasteiger partial charge in [0.1, 0.15) is 6.07 Å². The van der Waals surface area contributed by atoms with Crippen molar-refractivity contribution >= 4 is 5.91 Å². The summed E-state index contributed by atoms with van der Waals surface area (Å²) in [6, 6.07) is 3.75. The molecule has 1 amide bonds. The number of aromatic nitrogens is 2. The Bertz CT molecular complexity index is 596. The minimum Gasteiger partial charge on any atom is -0.334 e. The summed E-state index contributed by atoms with van der Waals surface area (Å²) in [5.74, 6) is 0.176. The van der Waals surface area contributed by atoms with Crippen LogP contribution in [0.1, 0.15) is 18.3 Å². The van der Waals surface area contributed by atoms with E-state index in [1.807, 2.05) is 16.5 Å². The molecule has 2 aliphatic heterocycles. The number of rotatable bonds is 2. The molecule has 0 aliphatic carbocycles. The third-order valence-corrected chi connectivity index (χ3v) is 4.67. The Balaban J connectivity index is 1.64. The minimum absolute atomic E-state index is 0.0846. The Morgan fingerprint density at radius 2 is 2.00 bits per heavy atom. The number of nitriles is 1. The maximum atomic E-state index is 12.7. The number of piperazine rings is 1. The first kappa shape index (κ1) is 15.0. The van der Waals surface area contributed by atoms with E-state index in [0.29, 0.717) is 25.3 Å². The topological polar surface area (TPSA) is 68.4 Å². The van der Waals surface area contributed by atoms with E-state index in [9.17, 15) is 4.79 Å². The molecular weight excluding hydrogens is 280 g/mol. The third-order valence-electron chi connectivity index (χ3n) is 4.67. The van der Waals surface area contributed by atoms with Gasteiger partial charge in [0.25, 0.3) is 0 Å². The Kier molecular flexibility index (Phi) is 4.14. The van der Waals surface area contributed by atoms with Crippen LogP contribution in [0.4, 0.5) is 0 Å². The van der Waals surface area contributed by atoms with Gasteiger partial charge in [-0.25, -0.2) is 0 Å². The number of carbonyl (C=O) groups is 1. The highest BCUT2D eigenvalue weighted by Gasteiger charge is 2.30. The van der Waals surface area contributed by atoms with Crippen LogP contribution in [0.2, 0.25) is 0 Å². The molecule has 1 saturated heterocycles. The maximum Gasteiger partial charge on any atom is 0.240 e. The van der Waals surface area contributed by atoms with Crippen molar-refractivity contribution < 1.29 is 4.79 Å². The molecule has 0 saturated carbocycles. The Labute approximate surface area is 130 Å². The van der Waals surface area contributed by atoms with Crippen LogP contribution in [-0.2, 0) is 17.9 Å². The van der Waals surface area contributed by atoms with Gasteiger partial charge in [0.2, 0.25) is 5.91 Å². The zero-order chi connectivity index (χ0) is 15.7. The van der Waals surface area contributed by atoms with Gasteiger partial charge in [-0.15, -0.1) is 0 Å². The molecule has 3 heterocycles. The first-order chi connectivity index (χ1) is 10.6. The van der Waals surface area contributed by atoms with Crippen molar-refractivity contribution in [2.45, 2.75) is 26.1 Å². The largest absolute Gasteiger partial charge is 0.334 e. The Morgan fingerprint density at radius 1 is 1.27 bits per heavy atom. The number of likely N-dealkylation sites (N-methyl/N-ethyl adjacent to an activating group) is 1. The first-order valence-corrected chi connectivity index (χ1v) is 7.76. The summed E-state index contributed by atoms with van der Waals surface area (Å²) in [4.78, 5) is 19.2. The van der Waals surface area contributed by atoms with E-state index >= 15 is 0 Å². The molecule has 0 bridgehead atoms. The fourth-order valence-corrected chi connectivity index (χ4v) is 3.14. The monoisotopic (exact) mass is 302 g/mol. The summed E-state index contributed by atoms with van der Waals surface area (Å²) in [5, 5.41) is 13.1. The molecule has 0 radical (unpaired) electrons. The lowest BCUT2D eigenvalue weighted by atomic mass is 10.2. The highest BCUT2D eigenvalue weighted by atomic mass is 16.2. The molecular formula is C15H22N6O. The second-order valence-corrected chi connectivity index (χ2v) is 6.13. The smallest absolute Gasteiger partial charge is 0.240 e. The van der Waals surface area contributed by atoms with Gasteiger partial charge in [-0.1, -0.05) is 0 Å². The molecule has 118 valence electrons. The molecule has 1 aromatic heterocycles. The number of hydrogen-bond donors (Lipinski definition) is 0. The molecule has 0 aromatic carbocycles. The fraction of sp³-hybridized carbons (Fsp3) is 0.667. The van der Waals surface area contributed by atoms with Crippen LogP contribution in [0, 0.1) is 11.3 Å². The SMILES string of the molecule is CC(C(=O)N1CCn2nc(C#N)cc2C1)N1CCN(C)CC1. The second kappa shape index (κ2) is 6.07. The van der Waals surface area contributed by atoms with Crippen molar-refractivity contribution in [3.05, 3.63) is 17.5 Å². The van der Waals surface area contributed by atoms with Gasteiger partial charge >= 0.3 is 0 Å². The molecule has 2 aliphatic rings. The van der Waals surface area contributed by atoms with Gasteiger partial charge in [-0.05, 0) is 20.0 Å². The van der Waals surface area contributed by atoms with Crippen LogP contribution in [0.15, 0.2) is 6.07 Å². The van der Waals surface area contributed by atoms with Crippen molar-refractivity contribution in [2.75, 3.05) is 39.8 Å². The van der Waals surface area contributed by atoms with Crippen LogP contribution >= 0.6 is 0 Å². The van der Waals surface area contributed by atoms with Crippen LogP contribution in [0.5, 0.6) is 0 Å². The number of fused-ring (bicyclic) bond motifs is 1. The lowest BCUT2D eigenvalue weighted by molar-refractivity contribution is -0.138. The molecule has 3 rings (SSSR count). The zero-order valence-corrected chi connectivity index (χ0v) is 13.2. The Hall–Kier alpha value is -1.91. The molecule has 1 unspecified atom stereocenters. The third kappa shape index (κ3) is 2.85. The predicted molar refractivity (Wildman–Crippen MR) is 80.9 cm³/mol. The van der Waals surface area contributed by atoms with Crippen molar-refractivity contribution in [3.63, 3.8) is 0 Å². The van der Waals surface area contributed by atoms with Crippen molar-refractivity contribution in [1.29, 1.82) is 5.26 Å². The van der Waals surface area contributed by atoms with Crippen LogP contribution in [-0.4, -0.2) is 76.2 Å². The molecule has 0 N–H and O–H groups in total. The van der Waals surface area contributed by atoms with Crippen molar-refractivity contribution in [1.82, 2.24) is 24.5 Å². The number of amides is 1. The Morgan fingerprint density at radius 3 is 2.68 bits per heavy atom. The number of hydrogen-bond acceptors (Lipinski definition) is 5. The van der Waals surface area contributed by atoms with Gasteiger partial charge in [0, 0.05) is 32.7 Å². The van der Waals surface area contributed by atoms with Crippen LogP contribution in [0.25, 0.3) is 0 Å². The predicted octanol–water partition coefficient (Wildman–Crippen LogP) is -0.267. The molecule has 1 fully saturated rings. The first-order valence-electron chi connectivity index (χ1n) is 7.76. The summed E-state index contributed by atoms with van der Waals surface area (Å²) >= 11 is 0. The highest BCUT2D eigenvalue weighted by Crippen LogP contribution is 2.16. The van der Waals surface area contributed by atoms with Crippen LogP contribution in [0.3, 0.4) is 0 Å².